The van der Waals surface area contributed by atoms with E-state index in [1.165, 1.54) is 6.20 Å². The van der Waals surface area contributed by atoms with Crippen molar-refractivity contribution in [3.8, 4) is 6.07 Å². The van der Waals surface area contributed by atoms with Crippen LogP contribution in [0.15, 0.2) is 41.4 Å². The molecule has 4 nitrogen and oxygen atoms in total. The summed E-state index contributed by atoms with van der Waals surface area (Å²) in [5.41, 5.74) is 7.45. The molecule has 0 atom stereocenters. The molecule has 90 valence electrons. The Balaban J connectivity index is 2.37. The second kappa shape index (κ2) is 5.43. The van der Waals surface area contributed by atoms with E-state index >= 15 is 0 Å². The lowest BCUT2D eigenvalue weighted by molar-refractivity contribution is 1.27. The van der Waals surface area contributed by atoms with E-state index in [0.29, 0.717) is 17.1 Å². The Labute approximate surface area is 110 Å². The van der Waals surface area contributed by atoms with Crippen LogP contribution in [0.25, 0.3) is 0 Å². The first-order valence-corrected chi connectivity index (χ1v) is 6.52. The number of para-hydroxylation sites is 1. The molecule has 0 fully saturated rings. The van der Waals surface area contributed by atoms with Crippen LogP contribution in [0.3, 0.4) is 0 Å². The maximum Gasteiger partial charge on any atom is 0.148 e. The molecule has 1 heterocycles. The number of nitriles is 1. The van der Waals surface area contributed by atoms with Crippen LogP contribution in [0, 0.1) is 11.3 Å². The van der Waals surface area contributed by atoms with Crippen molar-refractivity contribution in [2.24, 2.45) is 0 Å². The predicted octanol–water partition coefficient (Wildman–Crippen LogP) is 3.00. The lowest BCUT2D eigenvalue weighted by atomic mass is 10.2. The number of anilines is 3. The lowest BCUT2D eigenvalue weighted by Crippen LogP contribution is -1.99. The molecule has 2 rings (SSSR count). The molecule has 2 aromatic rings. The number of nitrogen functional groups attached to an aromatic ring is 1. The lowest BCUT2D eigenvalue weighted by Gasteiger charge is -2.10. The molecule has 0 aliphatic heterocycles. The number of nitrogens with two attached hydrogens (primary N) is 1. The molecule has 0 saturated carbocycles. The van der Waals surface area contributed by atoms with Crippen LogP contribution in [-0.2, 0) is 0 Å². The second-order valence-corrected chi connectivity index (χ2v) is 4.45. The van der Waals surface area contributed by atoms with Crippen LogP contribution in [0.4, 0.5) is 17.2 Å². The van der Waals surface area contributed by atoms with Gasteiger partial charge in [-0.1, -0.05) is 12.1 Å². The van der Waals surface area contributed by atoms with Gasteiger partial charge in [0.2, 0.25) is 0 Å². The van der Waals surface area contributed by atoms with E-state index in [2.05, 4.69) is 16.4 Å². The molecular weight excluding hydrogens is 244 g/mol. The molecule has 0 aliphatic rings. The molecule has 1 aromatic heterocycles. The molecular formula is C13H12N4S. The number of thioether (sulfide) groups is 1. The van der Waals surface area contributed by atoms with Crippen molar-refractivity contribution in [1.29, 1.82) is 5.26 Å². The van der Waals surface area contributed by atoms with Gasteiger partial charge in [0, 0.05) is 4.90 Å². The first kappa shape index (κ1) is 12.3. The van der Waals surface area contributed by atoms with E-state index in [1.807, 2.05) is 30.5 Å². The van der Waals surface area contributed by atoms with E-state index in [0.717, 1.165) is 10.6 Å². The zero-order valence-corrected chi connectivity index (χ0v) is 10.7. The van der Waals surface area contributed by atoms with Crippen molar-refractivity contribution in [1.82, 2.24) is 4.98 Å². The molecule has 0 unspecified atom stereocenters. The molecule has 1 aromatic carbocycles. The summed E-state index contributed by atoms with van der Waals surface area (Å²) < 4.78 is 0. The minimum atomic E-state index is 0.436. The zero-order chi connectivity index (χ0) is 13.0. The number of pyridine rings is 1. The van der Waals surface area contributed by atoms with Crippen molar-refractivity contribution in [2.45, 2.75) is 4.90 Å². The van der Waals surface area contributed by atoms with Gasteiger partial charge in [-0.3, -0.25) is 0 Å². The van der Waals surface area contributed by atoms with Gasteiger partial charge in [0.05, 0.1) is 23.1 Å². The van der Waals surface area contributed by atoms with Gasteiger partial charge in [-0.15, -0.1) is 11.8 Å². The van der Waals surface area contributed by atoms with Crippen LogP contribution in [-0.4, -0.2) is 11.2 Å². The fourth-order valence-electron chi connectivity index (χ4n) is 1.54. The minimum Gasteiger partial charge on any atom is -0.397 e. The summed E-state index contributed by atoms with van der Waals surface area (Å²) in [5.74, 6) is 0.521. The SMILES string of the molecule is CSc1ccccc1Nc1ncc(N)cc1C#N. The molecule has 0 bridgehead atoms. The smallest absolute Gasteiger partial charge is 0.148 e. The summed E-state index contributed by atoms with van der Waals surface area (Å²) in [6, 6.07) is 11.6. The molecule has 5 heteroatoms. The zero-order valence-electron chi connectivity index (χ0n) is 9.84. The van der Waals surface area contributed by atoms with Gasteiger partial charge in [-0.2, -0.15) is 5.26 Å². The highest BCUT2D eigenvalue weighted by Gasteiger charge is 2.07. The van der Waals surface area contributed by atoms with Gasteiger partial charge in [-0.25, -0.2) is 4.98 Å². The molecule has 3 N–H and O–H groups in total. The van der Waals surface area contributed by atoms with Crippen molar-refractivity contribution >= 4 is 29.0 Å². The normalized spacial score (nSPS) is 9.78. The third kappa shape index (κ3) is 2.55. The van der Waals surface area contributed by atoms with Crippen LogP contribution < -0.4 is 11.1 Å². The van der Waals surface area contributed by atoms with E-state index in [1.54, 1.807) is 17.8 Å². The molecule has 0 spiro atoms. The quantitative estimate of drug-likeness (QED) is 0.826. The monoisotopic (exact) mass is 256 g/mol. The summed E-state index contributed by atoms with van der Waals surface area (Å²) >= 11 is 1.63. The molecule has 0 radical (unpaired) electrons. The van der Waals surface area contributed by atoms with Crippen LogP contribution in [0.1, 0.15) is 5.56 Å². The van der Waals surface area contributed by atoms with Gasteiger partial charge in [0.1, 0.15) is 11.9 Å². The fourth-order valence-corrected chi connectivity index (χ4v) is 2.09. The standard InChI is InChI=1S/C13H12N4S/c1-18-12-5-3-2-4-11(12)17-13-9(7-14)6-10(15)8-16-13/h2-6,8H,15H2,1H3,(H,16,17). The van der Waals surface area contributed by atoms with Gasteiger partial charge >= 0.3 is 0 Å². The largest absolute Gasteiger partial charge is 0.397 e. The highest BCUT2D eigenvalue weighted by molar-refractivity contribution is 7.98. The van der Waals surface area contributed by atoms with Gasteiger partial charge in [-0.05, 0) is 24.5 Å². The minimum absolute atomic E-state index is 0.436. The number of hydrogen-bond donors (Lipinski definition) is 2. The average molecular weight is 256 g/mol. The first-order chi connectivity index (χ1) is 8.74. The van der Waals surface area contributed by atoms with Crippen molar-refractivity contribution in [2.75, 3.05) is 17.3 Å². The van der Waals surface area contributed by atoms with E-state index < -0.39 is 0 Å². The van der Waals surface area contributed by atoms with Gasteiger partial charge in [0.25, 0.3) is 0 Å². The molecule has 0 amide bonds. The fraction of sp³-hybridized carbons (Fsp3) is 0.0769. The third-order valence-corrected chi connectivity index (χ3v) is 3.19. The summed E-state index contributed by atoms with van der Waals surface area (Å²) in [4.78, 5) is 5.25. The predicted molar refractivity (Wildman–Crippen MR) is 74.9 cm³/mol. The average Bonchev–Trinajstić information content (AvgIpc) is 2.41. The Bertz CT molecular complexity index is 604. The first-order valence-electron chi connectivity index (χ1n) is 5.30. The maximum atomic E-state index is 9.06. The Hall–Kier alpha value is -2.19. The van der Waals surface area contributed by atoms with Crippen LogP contribution in [0.2, 0.25) is 0 Å². The number of benzene rings is 1. The Kier molecular flexibility index (Phi) is 3.70. The highest BCUT2D eigenvalue weighted by Crippen LogP contribution is 2.28. The Morgan fingerprint density at radius 3 is 2.89 bits per heavy atom. The van der Waals surface area contributed by atoms with Gasteiger partial charge < -0.3 is 11.1 Å². The highest BCUT2D eigenvalue weighted by atomic mass is 32.2. The van der Waals surface area contributed by atoms with Crippen LogP contribution >= 0.6 is 11.8 Å². The number of hydrogen-bond acceptors (Lipinski definition) is 5. The number of nitrogens with zero attached hydrogens (tertiary/aromatic N) is 2. The Morgan fingerprint density at radius 1 is 1.39 bits per heavy atom. The van der Waals surface area contributed by atoms with E-state index in [9.17, 15) is 0 Å². The summed E-state index contributed by atoms with van der Waals surface area (Å²) in [5, 5.41) is 12.2. The van der Waals surface area contributed by atoms with Crippen molar-refractivity contribution in [3.63, 3.8) is 0 Å². The molecule has 0 saturated heterocycles. The molecule has 0 aliphatic carbocycles. The third-order valence-electron chi connectivity index (χ3n) is 2.39. The number of aromatic nitrogens is 1. The topological polar surface area (TPSA) is 74.7 Å². The summed E-state index contributed by atoms with van der Waals surface area (Å²) in [6.07, 6.45) is 3.53. The van der Waals surface area contributed by atoms with Crippen molar-refractivity contribution < 1.29 is 0 Å². The second-order valence-electron chi connectivity index (χ2n) is 3.60. The number of nitrogens with one attached hydrogen (secondary N) is 1. The van der Waals surface area contributed by atoms with Gasteiger partial charge in [0.15, 0.2) is 0 Å². The maximum absolute atomic E-state index is 9.06. The van der Waals surface area contributed by atoms with Crippen LogP contribution in [0.5, 0.6) is 0 Å². The summed E-state index contributed by atoms with van der Waals surface area (Å²) in [7, 11) is 0. The number of rotatable bonds is 3. The van der Waals surface area contributed by atoms with E-state index in [-0.39, 0.29) is 0 Å². The van der Waals surface area contributed by atoms with E-state index in [4.69, 9.17) is 11.0 Å². The summed E-state index contributed by atoms with van der Waals surface area (Å²) in [6.45, 7) is 0. The molecule has 18 heavy (non-hydrogen) atoms. The Morgan fingerprint density at radius 2 is 2.17 bits per heavy atom. The van der Waals surface area contributed by atoms with Crippen molar-refractivity contribution in [3.05, 3.63) is 42.1 Å².